The fourth-order valence-corrected chi connectivity index (χ4v) is 4.25. The molecule has 4 rings (SSSR count). The minimum absolute atomic E-state index is 0.0857. The SMILES string of the molecule is CCOc1ccc(Nc2c(C(=O)N3CCSCC3)cnc3ccc(F)cc23)cc1. The molecule has 1 saturated heterocycles. The first kappa shape index (κ1) is 19.5. The van der Waals surface area contributed by atoms with Crippen LogP contribution in [0.4, 0.5) is 15.8 Å². The lowest BCUT2D eigenvalue weighted by Gasteiger charge is -2.27. The first-order valence-electron chi connectivity index (χ1n) is 9.61. The summed E-state index contributed by atoms with van der Waals surface area (Å²) in [6.07, 6.45) is 1.58. The van der Waals surface area contributed by atoms with E-state index in [4.69, 9.17) is 4.74 Å². The quantitative estimate of drug-likeness (QED) is 0.659. The highest BCUT2D eigenvalue weighted by Gasteiger charge is 2.23. The van der Waals surface area contributed by atoms with Crippen molar-refractivity contribution in [1.29, 1.82) is 0 Å². The normalized spacial score (nSPS) is 14.1. The average Bonchev–Trinajstić information content (AvgIpc) is 2.76. The van der Waals surface area contributed by atoms with Crippen molar-refractivity contribution in [3.8, 4) is 5.75 Å². The van der Waals surface area contributed by atoms with Gasteiger partial charge in [0, 0.05) is 41.9 Å². The Morgan fingerprint density at radius 2 is 1.97 bits per heavy atom. The van der Waals surface area contributed by atoms with E-state index < -0.39 is 0 Å². The van der Waals surface area contributed by atoms with Crippen molar-refractivity contribution in [2.75, 3.05) is 36.5 Å². The largest absolute Gasteiger partial charge is 0.494 e. The highest BCUT2D eigenvalue weighted by atomic mass is 32.2. The molecule has 0 spiro atoms. The summed E-state index contributed by atoms with van der Waals surface area (Å²) in [7, 11) is 0. The molecule has 0 radical (unpaired) electrons. The second-order valence-electron chi connectivity index (χ2n) is 6.70. The van der Waals surface area contributed by atoms with Crippen LogP contribution >= 0.6 is 11.8 Å². The Balaban J connectivity index is 1.75. The van der Waals surface area contributed by atoms with Crippen molar-refractivity contribution in [2.24, 2.45) is 0 Å². The van der Waals surface area contributed by atoms with Crippen LogP contribution in [-0.4, -0.2) is 47.0 Å². The predicted octanol–water partition coefficient (Wildman–Crippen LogP) is 4.71. The molecule has 0 atom stereocenters. The zero-order valence-electron chi connectivity index (χ0n) is 16.2. The van der Waals surface area contributed by atoms with Crippen molar-refractivity contribution >= 4 is 39.9 Å². The number of halogens is 1. The van der Waals surface area contributed by atoms with Gasteiger partial charge in [-0.3, -0.25) is 9.78 Å². The van der Waals surface area contributed by atoms with Crippen LogP contribution in [0.1, 0.15) is 17.3 Å². The lowest BCUT2D eigenvalue weighted by atomic mass is 10.1. The number of anilines is 2. The molecule has 2 aromatic carbocycles. The molecule has 1 aliphatic heterocycles. The van der Waals surface area contributed by atoms with Crippen molar-refractivity contribution in [2.45, 2.75) is 6.92 Å². The molecule has 150 valence electrons. The van der Waals surface area contributed by atoms with Gasteiger partial charge in [-0.15, -0.1) is 0 Å². The number of ether oxygens (including phenoxy) is 1. The lowest BCUT2D eigenvalue weighted by molar-refractivity contribution is 0.0773. The van der Waals surface area contributed by atoms with E-state index in [9.17, 15) is 9.18 Å². The van der Waals surface area contributed by atoms with Crippen LogP contribution in [0, 0.1) is 5.82 Å². The number of aromatic nitrogens is 1. The van der Waals surface area contributed by atoms with E-state index in [1.54, 1.807) is 12.3 Å². The molecule has 1 fully saturated rings. The second kappa shape index (κ2) is 8.69. The number of amides is 1. The van der Waals surface area contributed by atoms with E-state index in [1.807, 2.05) is 47.9 Å². The molecule has 2 heterocycles. The number of hydrogen-bond donors (Lipinski definition) is 1. The molecule has 5 nitrogen and oxygen atoms in total. The zero-order valence-corrected chi connectivity index (χ0v) is 17.0. The van der Waals surface area contributed by atoms with E-state index in [0.29, 0.717) is 41.9 Å². The third-order valence-electron chi connectivity index (χ3n) is 4.79. The number of carbonyl (C=O) groups is 1. The van der Waals surface area contributed by atoms with Crippen LogP contribution in [0.5, 0.6) is 5.75 Å². The van der Waals surface area contributed by atoms with Crippen LogP contribution in [0.3, 0.4) is 0 Å². The van der Waals surface area contributed by atoms with E-state index in [1.165, 1.54) is 12.1 Å². The number of hydrogen-bond acceptors (Lipinski definition) is 5. The van der Waals surface area contributed by atoms with E-state index in [0.717, 1.165) is 22.9 Å². The molecule has 0 aliphatic carbocycles. The Morgan fingerprint density at radius 1 is 1.21 bits per heavy atom. The smallest absolute Gasteiger partial charge is 0.257 e. The maximum absolute atomic E-state index is 14.0. The first-order valence-corrected chi connectivity index (χ1v) is 10.8. The molecule has 1 amide bonds. The molecule has 0 bridgehead atoms. The average molecular weight is 412 g/mol. The number of thioether (sulfide) groups is 1. The topological polar surface area (TPSA) is 54.5 Å². The summed E-state index contributed by atoms with van der Waals surface area (Å²) in [5.41, 5.74) is 2.44. The summed E-state index contributed by atoms with van der Waals surface area (Å²) >= 11 is 1.84. The van der Waals surface area contributed by atoms with Gasteiger partial charge in [0.25, 0.3) is 5.91 Å². The second-order valence-corrected chi connectivity index (χ2v) is 7.92. The summed E-state index contributed by atoms with van der Waals surface area (Å²) in [6.45, 7) is 3.93. The van der Waals surface area contributed by atoms with Crippen LogP contribution in [0.2, 0.25) is 0 Å². The Morgan fingerprint density at radius 3 is 2.69 bits per heavy atom. The van der Waals surface area contributed by atoms with Gasteiger partial charge in [0.15, 0.2) is 0 Å². The number of fused-ring (bicyclic) bond motifs is 1. The molecular weight excluding hydrogens is 389 g/mol. The maximum Gasteiger partial charge on any atom is 0.257 e. The molecule has 1 aliphatic rings. The van der Waals surface area contributed by atoms with Gasteiger partial charge in [-0.2, -0.15) is 11.8 Å². The summed E-state index contributed by atoms with van der Waals surface area (Å²) in [4.78, 5) is 19.4. The third-order valence-corrected chi connectivity index (χ3v) is 5.74. The molecule has 0 unspecified atom stereocenters. The van der Waals surface area contributed by atoms with Crippen molar-refractivity contribution in [3.63, 3.8) is 0 Å². The molecule has 1 aromatic heterocycles. The number of benzene rings is 2. The van der Waals surface area contributed by atoms with Crippen molar-refractivity contribution in [3.05, 3.63) is 60.0 Å². The number of nitrogens with zero attached hydrogens (tertiary/aromatic N) is 2. The molecule has 29 heavy (non-hydrogen) atoms. The third kappa shape index (κ3) is 4.29. The van der Waals surface area contributed by atoms with Gasteiger partial charge in [-0.1, -0.05) is 0 Å². The standard InChI is InChI=1S/C22H22FN3O2S/c1-2-28-17-6-4-16(5-7-17)25-21-18-13-15(23)3-8-20(18)24-14-19(21)22(27)26-9-11-29-12-10-26/h3-8,13-14H,2,9-12H2,1H3,(H,24,25). The highest BCUT2D eigenvalue weighted by molar-refractivity contribution is 7.99. The lowest BCUT2D eigenvalue weighted by Crippen LogP contribution is -2.38. The molecular formula is C22H22FN3O2S. The molecule has 7 heteroatoms. The van der Waals surface area contributed by atoms with Gasteiger partial charge in [0.05, 0.1) is 23.4 Å². The van der Waals surface area contributed by atoms with Crippen LogP contribution < -0.4 is 10.1 Å². The Labute approximate surface area is 173 Å². The number of pyridine rings is 1. The summed E-state index contributed by atoms with van der Waals surface area (Å²) in [6, 6.07) is 11.9. The van der Waals surface area contributed by atoms with E-state index >= 15 is 0 Å². The van der Waals surface area contributed by atoms with E-state index in [-0.39, 0.29) is 11.7 Å². The van der Waals surface area contributed by atoms with Gasteiger partial charge in [-0.25, -0.2) is 4.39 Å². The van der Waals surface area contributed by atoms with Crippen LogP contribution in [0.15, 0.2) is 48.7 Å². The van der Waals surface area contributed by atoms with Crippen LogP contribution in [-0.2, 0) is 0 Å². The predicted molar refractivity (Wildman–Crippen MR) is 116 cm³/mol. The van der Waals surface area contributed by atoms with Crippen molar-refractivity contribution < 1.29 is 13.9 Å². The molecule has 0 saturated carbocycles. The Hall–Kier alpha value is -2.80. The Bertz CT molecular complexity index is 1020. The fraction of sp³-hybridized carbons (Fsp3) is 0.273. The fourth-order valence-electron chi connectivity index (χ4n) is 3.34. The molecule has 1 N–H and O–H groups in total. The van der Waals surface area contributed by atoms with Gasteiger partial charge in [0.1, 0.15) is 11.6 Å². The minimum atomic E-state index is -0.368. The van der Waals surface area contributed by atoms with Crippen molar-refractivity contribution in [1.82, 2.24) is 9.88 Å². The highest BCUT2D eigenvalue weighted by Crippen LogP contribution is 2.31. The van der Waals surface area contributed by atoms with E-state index in [2.05, 4.69) is 10.3 Å². The first-order chi connectivity index (χ1) is 14.2. The van der Waals surface area contributed by atoms with Gasteiger partial charge < -0.3 is 15.0 Å². The monoisotopic (exact) mass is 411 g/mol. The number of nitrogens with one attached hydrogen (secondary N) is 1. The Kier molecular flexibility index (Phi) is 5.85. The number of carbonyl (C=O) groups excluding carboxylic acids is 1. The minimum Gasteiger partial charge on any atom is -0.494 e. The van der Waals surface area contributed by atoms with Crippen LogP contribution in [0.25, 0.3) is 10.9 Å². The maximum atomic E-state index is 14.0. The summed E-state index contributed by atoms with van der Waals surface area (Å²) in [5, 5.41) is 3.90. The van der Waals surface area contributed by atoms with Gasteiger partial charge >= 0.3 is 0 Å². The van der Waals surface area contributed by atoms with Gasteiger partial charge in [0.2, 0.25) is 0 Å². The summed E-state index contributed by atoms with van der Waals surface area (Å²) in [5.74, 6) is 2.16. The zero-order chi connectivity index (χ0) is 20.2. The number of rotatable bonds is 5. The van der Waals surface area contributed by atoms with Gasteiger partial charge in [-0.05, 0) is 49.4 Å². The summed E-state index contributed by atoms with van der Waals surface area (Å²) < 4.78 is 19.5. The molecule has 3 aromatic rings.